The monoisotopic (exact) mass is 915 g/mol. The zero-order valence-corrected chi connectivity index (χ0v) is 39.8. The molecule has 0 fully saturated rings. The number of imidazole rings is 2. The van der Waals surface area contributed by atoms with E-state index in [4.69, 9.17) is 18.9 Å². The molecule has 0 atom stereocenters. The van der Waals surface area contributed by atoms with Crippen molar-refractivity contribution in [2.24, 2.45) is 0 Å². The number of anilines is 6. The summed E-state index contributed by atoms with van der Waals surface area (Å²) < 4.78 is 33.7. The van der Waals surface area contributed by atoms with Gasteiger partial charge in [-0.25, -0.2) is 18.3 Å². The summed E-state index contributed by atoms with van der Waals surface area (Å²) in [5.41, 5.74) is 10.9. The molecular formula is C58H57N7O4+2. The molecule has 0 bridgehead atoms. The van der Waals surface area contributed by atoms with Gasteiger partial charge in [-0.15, -0.1) is 0 Å². The molecule has 0 spiro atoms. The summed E-state index contributed by atoms with van der Waals surface area (Å²) >= 11 is 0. The molecule has 0 unspecified atom stereocenters. The second-order valence-corrected chi connectivity index (χ2v) is 17.1. The van der Waals surface area contributed by atoms with Crippen LogP contribution in [0.1, 0.15) is 18.1 Å². The first-order valence-corrected chi connectivity index (χ1v) is 23.3. The summed E-state index contributed by atoms with van der Waals surface area (Å²) in [6, 6.07) is 55.4. The van der Waals surface area contributed by atoms with Crippen LogP contribution in [0.4, 0.5) is 34.1 Å². The lowest BCUT2D eigenvalue weighted by Crippen LogP contribution is -2.33. The standard InChI is InChI=1S/C58H57N7O4/c1-6-59-31-33-61(41-59)39-43-7-9-44(10-8-43)40-62-34-32-60(42-62)35-36-63-57-29-19-49(64(45-11-21-51(66-2)22-12-45)46-13-23-52(67-3)24-14-46)37-55(57)56-38-50(20-30-58(56)63)65(47-15-25-53(68-4)26-16-47)48-17-27-54(69-5)28-18-48/h7-34,37-38,41-42H,6,35-36,39-40H2,1-5H3/q+2. The van der Waals surface area contributed by atoms with Gasteiger partial charge in [0.1, 0.15) is 67.4 Å². The predicted octanol–water partition coefficient (Wildman–Crippen LogP) is 11.8. The minimum Gasteiger partial charge on any atom is -0.497 e. The van der Waals surface area contributed by atoms with Crippen LogP contribution >= 0.6 is 0 Å². The number of benzene rings is 7. The number of aryl methyl sites for hydroxylation is 3. The highest BCUT2D eigenvalue weighted by atomic mass is 16.5. The number of fused-ring (bicyclic) bond motifs is 3. The van der Waals surface area contributed by atoms with Gasteiger partial charge in [0.15, 0.2) is 0 Å². The van der Waals surface area contributed by atoms with Crippen molar-refractivity contribution in [3.05, 3.63) is 206 Å². The molecule has 10 rings (SSSR count). The molecule has 3 heterocycles. The third-order valence-corrected chi connectivity index (χ3v) is 12.9. The highest BCUT2D eigenvalue weighted by Gasteiger charge is 2.21. The lowest BCUT2D eigenvalue weighted by molar-refractivity contribution is -0.697. The predicted molar refractivity (Wildman–Crippen MR) is 275 cm³/mol. The van der Waals surface area contributed by atoms with Crippen LogP contribution in [-0.2, 0) is 32.7 Å². The van der Waals surface area contributed by atoms with Gasteiger partial charge in [-0.1, -0.05) is 24.3 Å². The number of aromatic nitrogens is 5. The molecule has 0 aliphatic carbocycles. The SMILES string of the molecule is CC[n+]1ccn(Cc2ccc(Cn3cc[n+](CCn4c5ccc(N(c6ccc(OC)cc6)c6ccc(OC)cc6)cc5c5cc(N(c6ccc(OC)cc6)c6ccc(OC)cc6)ccc54)c3)cc2)c1. The van der Waals surface area contributed by atoms with Gasteiger partial charge in [-0.3, -0.25) is 0 Å². The second kappa shape index (κ2) is 19.8. The molecule has 0 N–H and O–H groups in total. The molecule has 346 valence electrons. The van der Waals surface area contributed by atoms with E-state index >= 15 is 0 Å². The fourth-order valence-electron chi connectivity index (χ4n) is 9.19. The maximum atomic E-state index is 5.56. The van der Waals surface area contributed by atoms with Crippen LogP contribution in [0.2, 0.25) is 0 Å². The summed E-state index contributed by atoms with van der Waals surface area (Å²) in [7, 11) is 6.78. The van der Waals surface area contributed by atoms with Crippen molar-refractivity contribution in [2.75, 3.05) is 38.2 Å². The van der Waals surface area contributed by atoms with Gasteiger partial charge in [0, 0.05) is 55.9 Å². The van der Waals surface area contributed by atoms with Gasteiger partial charge < -0.3 is 33.3 Å². The lowest BCUT2D eigenvalue weighted by Gasteiger charge is -2.26. The maximum Gasteiger partial charge on any atom is 0.244 e. The van der Waals surface area contributed by atoms with Crippen LogP contribution in [0.15, 0.2) is 195 Å². The highest BCUT2D eigenvalue weighted by molar-refractivity contribution is 6.11. The fourth-order valence-corrected chi connectivity index (χ4v) is 9.19. The molecule has 0 aliphatic heterocycles. The first-order valence-electron chi connectivity index (χ1n) is 23.3. The minimum atomic E-state index is 0.765. The summed E-state index contributed by atoms with van der Waals surface area (Å²) in [6.07, 6.45) is 13.0. The first kappa shape index (κ1) is 44.4. The van der Waals surface area contributed by atoms with Crippen LogP contribution < -0.4 is 37.9 Å². The average Bonchev–Trinajstić information content (AvgIpc) is 4.14. The Kier molecular flexibility index (Phi) is 12.7. The summed E-state index contributed by atoms with van der Waals surface area (Å²) in [5.74, 6) is 3.20. The third kappa shape index (κ3) is 9.44. The Hall–Kier alpha value is -8.44. The normalized spacial score (nSPS) is 11.3. The van der Waals surface area contributed by atoms with E-state index in [2.05, 4.69) is 186 Å². The molecule has 11 heteroatoms. The summed E-state index contributed by atoms with van der Waals surface area (Å²) in [5, 5.41) is 2.29. The molecule has 0 radical (unpaired) electrons. The van der Waals surface area contributed by atoms with Crippen molar-refractivity contribution in [1.29, 1.82) is 0 Å². The highest BCUT2D eigenvalue weighted by Crippen LogP contribution is 2.43. The third-order valence-electron chi connectivity index (χ3n) is 12.9. The Bertz CT molecular complexity index is 3050. The fraction of sp³-hybridized carbons (Fsp3) is 0.172. The number of hydrogen-bond donors (Lipinski definition) is 0. The average molecular weight is 916 g/mol. The van der Waals surface area contributed by atoms with Crippen LogP contribution in [0, 0.1) is 0 Å². The van der Waals surface area contributed by atoms with Crippen molar-refractivity contribution < 1.29 is 28.1 Å². The minimum absolute atomic E-state index is 0.765. The number of rotatable bonds is 18. The topological polar surface area (TPSA) is 66.0 Å². The Morgan fingerprint density at radius 2 is 0.768 bits per heavy atom. The van der Waals surface area contributed by atoms with E-state index in [1.807, 2.05) is 48.5 Å². The van der Waals surface area contributed by atoms with Crippen LogP contribution in [0.5, 0.6) is 23.0 Å². The van der Waals surface area contributed by atoms with Gasteiger partial charge in [0.2, 0.25) is 12.7 Å². The van der Waals surface area contributed by atoms with Crippen molar-refractivity contribution in [1.82, 2.24) is 13.7 Å². The molecular weight excluding hydrogens is 859 g/mol. The van der Waals surface area contributed by atoms with E-state index in [1.54, 1.807) is 28.4 Å². The molecule has 10 aromatic rings. The number of methoxy groups -OCH3 is 4. The van der Waals surface area contributed by atoms with E-state index in [0.29, 0.717) is 0 Å². The van der Waals surface area contributed by atoms with E-state index in [0.717, 1.165) is 112 Å². The van der Waals surface area contributed by atoms with Gasteiger partial charge >= 0.3 is 0 Å². The maximum absolute atomic E-state index is 5.56. The van der Waals surface area contributed by atoms with Crippen molar-refractivity contribution in [3.63, 3.8) is 0 Å². The van der Waals surface area contributed by atoms with Crippen LogP contribution in [0.25, 0.3) is 21.8 Å². The van der Waals surface area contributed by atoms with Crippen molar-refractivity contribution >= 4 is 55.9 Å². The molecule has 3 aromatic heterocycles. The molecule has 0 amide bonds. The Balaban J connectivity index is 1.02. The second-order valence-electron chi connectivity index (χ2n) is 17.1. The van der Waals surface area contributed by atoms with E-state index in [1.165, 1.54) is 11.1 Å². The molecule has 0 aliphatic rings. The first-order chi connectivity index (χ1) is 33.9. The summed E-state index contributed by atoms with van der Waals surface area (Å²) in [6.45, 7) is 6.33. The lowest BCUT2D eigenvalue weighted by atomic mass is 10.1. The Morgan fingerprint density at radius 3 is 1.12 bits per heavy atom. The van der Waals surface area contributed by atoms with Gasteiger partial charge in [-0.2, -0.15) is 0 Å². The Morgan fingerprint density at radius 1 is 0.420 bits per heavy atom. The van der Waals surface area contributed by atoms with E-state index in [-0.39, 0.29) is 0 Å². The molecule has 7 aromatic carbocycles. The van der Waals surface area contributed by atoms with Crippen LogP contribution in [0.3, 0.4) is 0 Å². The molecule has 11 nitrogen and oxygen atoms in total. The summed E-state index contributed by atoms with van der Waals surface area (Å²) in [4.78, 5) is 4.56. The quantitative estimate of drug-likeness (QED) is 0.0799. The zero-order chi connectivity index (χ0) is 47.3. The number of hydrogen-bond acceptors (Lipinski definition) is 6. The smallest absolute Gasteiger partial charge is 0.244 e. The largest absolute Gasteiger partial charge is 0.497 e. The zero-order valence-electron chi connectivity index (χ0n) is 39.8. The van der Waals surface area contributed by atoms with Crippen LogP contribution in [-0.4, -0.2) is 42.1 Å². The molecule has 69 heavy (non-hydrogen) atoms. The molecule has 0 saturated carbocycles. The molecule has 0 saturated heterocycles. The van der Waals surface area contributed by atoms with Crippen molar-refractivity contribution in [2.45, 2.75) is 39.6 Å². The van der Waals surface area contributed by atoms with Crippen molar-refractivity contribution in [3.8, 4) is 23.0 Å². The Labute approximate surface area is 403 Å². The van der Waals surface area contributed by atoms with Gasteiger partial charge in [0.05, 0.1) is 41.5 Å². The van der Waals surface area contributed by atoms with Gasteiger partial charge in [-0.05, 0) is 152 Å². The number of ether oxygens (including phenoxy) is 4. The van der Waals surface area contributed by atoms with E-state index < -0.39 is 0 Å². The van der Waals surface area contributed by atoms with Gasteiger partial charge in [0.25, 0.3) is 0 Å². The number of nitrogens with zero attached hydrogens (tertiary/aromatic N) is 7. The van der Waals surface area contributed by atoms with E-state index in [9.17, 15) is 0 Å².